The van der Waals surface area contributed by atoms with E-state index in [1.807, 2.05) is 31.2 Å². The Bertz CT molecular complexity index is 598. The minimum Gasteiger partial charge on any atom is -0.484 e. The average Bonchev–Trinajstić information content (AvgIpc) is 2.81. The monoisotopic (exact) mass is 261 g/mol. The first-order valence-electron chi connectivity index (χ1n) is 5.86. The smallest absolute Gasteiger partial charge is 0.264 e. The van der Waals surface area contributed by atoms with Crippen molar-refractivity contribution < 1.29 is 9.53 Å². The van der Waals surface area contributed by atoms with Crippen molar-refractivity contribution >= 4 is 5.91 Å². The lowest BCUT2D eigenvalue weighted by molar-refractivity contribution is -0.123. The maximum absolute atomic E-state index is 11.5. The number of hydrogen-bond donors (Lipinski definition) is 3. The van der Waals surface area contributed by atoms with E-state index in [-0.39, 0.29) is 24.6 Å². The second-order valence-electron chi connectivity index (χ2n) is 4.16. The van der Waals surface area contributed by atoms with Crippen molar-refractivity contribution in [1.29, 1.82) is 0 Å². The van der Waals surface area contributed by atoms with Gasteiger partial charge in [0.2, 0.25) is 0 Å². The molecule has 6 heteroatoms. The first-order chi connectivity index (χ1) is 9.13. The van der Waals surface area contributed by atoms with E-state index in [1.165, 1.54) is 6.07 Å². The first-order valence-corrected chi connectivity index (χ1v) is 5.86. The molecule has 0 radical (unpaired) electrons. The third-order valence-electron chi connectivity index (χ3n) is 2.52. The molecule has 0 saturated heterocycles. The zero-order chi connectivity index (χ0) is 13.7. The number of aromatic amines is 2. The molecule has 19 heavy (non-hydrogen) atoms. The molecule has 0 aliphatic rings. The molecule has 6 nitrogen and oxygen atoms in total. The van der Waals surface area contributed by atoms with Gasteiger partial charge in [0.1, 0.15) is 5.75 Å². The number of H-pyrrole nitrogens is 2. The van der Waals surface area contributed by atoms with Gasteiger partial charge < -0.3 is 15.2 Å². The van der Waals surface area contributed by atoms with Crippen LogP contribution < -0.4 is 15.6 Å². The average molecular weight is 261 g/mol. The van der Waals surface area contributed by atoms with Crippen LogP contribution in [-0.2, 0) is 11.3 Å². The summed E-state index contributed by atoms with van der Waals surface area (Å²) in [5.74, 6) is 0.401. The van der Waals surface area contributed by atoms with E-state index >= 15 is 0 Å². The summed E-state index contributed by atoms with van der Waals surface area (Å²) in [6.45, 7) is 2.18. The molecule has 3 N–H and O–H groups in total. The zero-order valence-electron chi connectivity index (χ0n) is 10.5. The van der Waals surface area contributed by atoms with E-state index in [2.05, 4.69) is 15.5 Å². The van der Waals surface area contributed by atoms with Gasteiger partial charge in [0.25, 0.3) is 11.5 Å². The summed E-state index contributed by atoms with van der Waals surface area (Å²) in [4.78, 5) is 22.4. The molecule has 0 spiro atoms. The summed E-state index contributed by atoms with van der Waals surface area (Å²) in [5.41, 5.74) is 1.53. The molecule has 0 unspecified atom stereocenters. The Morgan fingerprint density at radius 3 is 2.63 bits per heavy atom. The van der Waals surface area contributed by atoms with E-state index < -0.39 is 0 Å². The standard InChI is InChI=1S/C13H15N3O3/c1-9-2-4-11(5-3-9)19-8-13(18)14-7-10-6-12(17)16-15-10/h2-6H,7-8H2,1H3,(H,14,18)(H2,15,16,17). The van der Waals surface area contributed by atoms with Crippen LogP contribution in [0.25, 0.3) is 0 Å². The van der Waals surface area contributed by atoms with E-state index in [4.69, 9.17) is 4.74 Å². The highest BCUT2D eigenvalue weighted by Gasteiger charge is 2.03. The van der Waals surface area contributed by atoms with Crippen molar-refractivity contribution in [2.24, 2.45) is 0 Å². The van der Waals surface area contributed by atoms with Gasteiger partial charge in [0.15, 0.2) is 6.61 Å². The van der Waals surface area contributed by atoms with Gasteiger partial charge in [-0.25, -0.2) is 0 Å². The van der Waals surface area contributed by atoms with Gasteiger partial charge in [-0.1, -0.05) is 17.7 Å². The zero-order valence-corrected chi connectivity index (χ0v) is 10.5. The van der Waals surface area contributed by atoms with Gasteiger partial charge >= 0.3 is 0 Å². The fourth-order valence-corrected chi connectivity index (χ4v) is 1.50. The Labute approximate surface area is 109 Å². The summed E-state index contributed by atoms with van der Waals surface area (Å²) in [7, 11) is 0. The predicted molar refractivity (Wildman–Crippen MR) is 69.9 cm³/mol. The van der Waals surface area contributed by atoms with Crippen LogP contribution in [0.1, 0.15) is 11.3 Å². The van der Waals surface area contributed by atoms with Crippen LogP contribution >= 0.6 is 0 Å². The maximum atomic E-state index is 11.5. The lowest BCUT2D eigenvalue weighted by Crippen LogP contribution is -2.28. The van der Waals surface area contributed by atoms with Crippen LogP contribution in [0.5, 0.6) is 5.75 Å². The molecular weight excluding hydrogens is 246 g/mol. The van der Waals surface area contributed by atoms with Crippen molar-refractivity contribution in [1.82, 2.24) is 15.5 Å². The van der Waals surface area contributed by atoms with Gasteiger partial charge in [-0.3, -0.25) is 14.7 Å². The van der Waals surface area contributed by atoms with Crippen LogP contribution in [0.15, 0.2) is 35.1 Å². The lowest BCUT2D eigenvalue weighted by atomic mass is 10.2. The number of hydrogen-bond acceptors (Lipinski definition) is 3. The molecule has 0 saturated carbocycles. The molecule has 0 aliphatic carbocycles. The number of benzene rings is 1. The summed E-state index contributed by atoms with van der Waals surface area (Å²) in [5, 5.41) is 7.68. The molecule has 1 amide bonds. The molecule has 0 atom stereocenters. The molecular formula is C13H15N3O3. The van der Waals surface area contributed by atoms with E-state index in [9.17, 15) is 9.59 Å². The Morgan fingerprint density at radius 2 is 2.00 bits per heavy atom. The Balaban J connectivity index is 1.75. The van der Waals surface area contributed by atoms with Gasteiger partial charge in [0.05, 0.1) is 12.2 Å². The largest absolute Gasteiger partial charge is 0.484 e. The van der Waals surface area contributed by atoms with E-state index in [1.54, 1.807) is 0 Å². The number of carbonyl (C=O) groups is 1. The predicted octanol–water partition coefficient (Wildman–Crippen LogP) is 0.707. The van der Waals surface area contributed by atoms with Gasteiger partial charge in [-0.15, -0.1) is 0 Å². The molecule has 2 aromatic rings. The van der Waals surface area contributed by atoms with Crippen LogP contribution in [0, 0.1) is 6.92 Å². The summed E-state index contributed by atoms with van der Waals surface area (Å²) in [6.07, 6.45) is 0. The minimum atomic E-state index is -0.248. The topological polar surface area (TPSA) is 87.0 Å². The van der Waals surface area contributed by atoms with Crippen LogP contribution in [-0.4, -0.2) is 22.7 Å². The Morgan fingerprint density at radius 1 is 1.26 bits per heavy atom. The molecule has 0 bridgehead atoms. The molecule has 1 aromatic carbocycles. The van der Waals surface area contributed by atoms with Crippen molar-refractivity contribution in [3.8, 4) is 5.75 Å². The molecule has 100 valence electrons. The fraction of sp³-hybridized carbons (Fsp3) is 0.231. The number of rotatable bonds is 5. The second kappa shape index (κ2) is 5.90. The number of ether oxygens (including phenoxy) is 1. The first kappa shape index (κ1) is 12.9. The fourth-order valence-electron chi connectivity index (χ4n) is 1.50. The second-order valence-corrected chi connectivity index (χ2v) is 4.16. The van der Waals surface area contributed by atoms with Crippen molar-refractivity contribution in [2.75, 3.05) is 6.61 Å². The van der Waals surface area contributed by atoms with Crippen LogP contribution in [0.3, 0.4) is 0 Å². The van der Waals surface area contributed by atoms with Crippen molar-refractivity contribution in [3.63, 3.8) is 0 Å². The number of carbonyl (C=O) groups excluding carboxylic acids is 1. The highest BCUT2D eigenvalue weighted by Crippen LogP contribution is 2.10. The third kappa shape index (κ3) is 4.02. The van der Waals surface area contributed by atoms with Gasteiger partial charge in [0, 0.05) is 6.07 Å². The highest BCUT2D eigenvalue weighted by molar-refractivity contribution is 5.77. The van der Waals surface area contributed by atoms with E-state index in [0.29, 0.717) is 11.4 Å². The summed E-state index contributed by atoms with van der Waals surface area (Å²) in [6, 6.07) is 8.84. The lowest BCUT2D eigenvalue weighted by Gasteiger charge is -2.06. The van der Waals surface area contributed by atoms with Crippen molar-refractivity contribution in [3.05, 3.63) is 51.9 Å². The number of amides is 1. The maximum Gasteiger partial charge on any atom is 0.264 e. The Kier molecular flexibility index (Phi) is 4.02. The minimum absolute atomic E-state index is 0.0578. The number of nitrogens with one attached hydrogen (secondary N) is 3. The summed E-state index contributed by atoms with van der Waals surface area (Å²) >= 11 is 0. The Hall–Kier alpha value is -2.50. The highest BCUT2D eigenvalue weighted by atomic mass is 16.5. The van der Waals surface area contributed by atoms with Crippen LogP contribution in [0.2, 0.25) is 0 Å². The number of aryl methyl sites for hydroxylation is 1. The van der Waals surface area contributed by atoms with Crippen LogP contribution in [0.4, 0.5) is 0 Å². The van der Waals surface area contributed by atoms with E-state index in [0.717, 1.165) is 5.56 Å². The molecule has 0 aliphatic heterocycles. The molecule has 0 fully saturated rings. The third-order valence-corrected chi connectivity index (χ3v) is 2.52. The quantitative estimate of drug-likeness (QED) is 0.740. The number of aromatic nitrogens is 2. The molecule has 1 aromatic heterocycles. The molecule has 1 heterocycles. The SMILES string of the molecule is Cc1ccc(OCC(=O)NCc2cc(=O)[nH][nH]2)cc1. The van der Waals surface area contributed by atoms with Gasteiger partial charge in [-0.05, 0) is 19.1 Å². The van der Waals surface area contributed by atoms with Crippen molar-refractivity contribution in [2.45, 2.75) is 13.5 Å². The molecule has 2 rings (SSSR count). The summed E-state index contributed by atoms with van der Waals surface area (Å²) < 4.78 is 5.32. The van der Waals surface area contributed by atoms with Gasteiger partial charge in [-0.2, -0.15) is 0 Å². The normalized spacial score (nSPS) is 10.2.